The van der Waals surface area contributed by atoms with Crippen LogP contribution in [0.5, 0.6) is 0 Å². The summed E-state index contributed by atoms with van der Waals surface area (Å²) in [6.45, 7) is 4.27. The summed E-state index contributed by atoms with van der Waals surface area (Å²) in [5.74, 6) is 0. The molecule has 0 atom stereocenters. The summed E-state index contributed by atoms with van der Waals surface area (Å²) in [6.07, 6.45) is 0. The second kappa shape index (κ2) is 5.70. The molecule has 0 saturated carbocycles. The van der Waals surface area contributed by atoms with E-state index >= 15 is 0 Å². The number of hydrogen-bond donors (Lipinski definition) is 0. The molecule has 0 aliphatic carbocycles. The van der Waals surface area contributed by atoms with Gasteiger partial charge in [-0.25, -0.2) is 0 Å². The Labute approximate surface area is 107 Å². The summed E-state index contributed by atoms with van der Waals surface area (Å²) in [5, 5.41) is 8.90. The van der Waals surface area contributed by atoms with Gasteiger partial charge in [0.2, 0.25) is 0 Å². The Morgan fingerprint density at radius 2 is 1.39 bits per heavy atom. The number of hydrogen-bond acceptors (Lipinski definition) is 2. The van der Waals surface area contributed by atoms with E-state index in [1.165, 1.54) is 0 Å². The zero-order valence-electron chi connectivity index (χ0n) is 10.1. The number of nitriles is 1. The highest BCUT2D eigenvalue weighted by atomic mass is 15.1. The van der Waals surface area contributed by atoms with Gasteiger partial charge in [0, 0.05) is 16.9 Å². The van der Waals surface area contributed by atoms with E-state index in [9.17, 15) is 0 Å². The molecule has 0 bridgehead atoms. The molecule has 0 fully saturated rings. The van der Waals surface area contributed by atoms with Crippen LogP contribution in [0.1, 0.15) is 0 Å². The van der Waals surface area contributed by atoms with Gasteiger partial charge in [-0.1, -0.05) is 43.0 Å². The third-order valence-electron chi connectivity index (χ3n) is 2.64. The lowest BCUT2D eigenvalue weighted by Gasteiger charge is -2.24. The second-order valence-electron chi connectivity index (χ2n) is 3.97. The van der Waals surface area contributed by atoms with Gasteiger partial charge in [-0.3, -0.25) is 0 Å². The van der Waals surface area contributed by atoms with E-state index in [4.69, 9.17) is 5.26 Å². The van der Waals surface area contributed by atoms with Crippen LogP contribution in [0.15, 0.2) is 72.8 Å². The molecule has 18 heavy (non-hydrogen) atoms. The zero-order chi connectivity index (χ0) is 12.8. The smallest absolute Gasteiger partial charge is 0.0960 e. The van der Waals surface area contributed by atoms with Crippen molar-refractivity contribution in [2.45, 2.75) is 0 Å². The fourth-order valence-corrected chi connectivity index (χ4v) is 1.77. The van der Waals surface area contributed by atoms with Crippen molar-refractivity contribution in [3.63, 3.8) is 0 Å². The topological polar surface area (TPSA) is 27.0 Å². The predicted molar refractivity (Wildman–Crippen MR) is 74.6 cm³/mol. The van der Waals surface area contributed by atoms with Crippen LogP contribution in [0.2, 0.25) is 0 Å². The summed E-state index contributed by atoms with van der Waals surface area (Å²) in [4.78, 5) is 2.07. The molecule has 0 aliphatic heterocycles. The zero-order valence-corrected chi connectivity index (χ0v) is 10.1. The van der Waals surface area contributed by atoms with E-state index in [-0.39, 0.29) is 0 Å². The molecule has 88 valence electrons. The maximum atomic E-state index is 8.90. The maximum Gasteiger partial charge on any atom is 0.0960 e. The van der Waals surface area contributed by atoms with Crippen LogP contribution in [0.25, 0.3) is 0 Å². The minimum absolute atomic E-state index is 0.504. The van der Waals surface area contributed by atoms with Crippen LogP contribution in [0, 0.1) is 11.3 Å². The van der Waals surface area contributed by atoms with Gasteiger partial charge in [0.05, 0.1) is 12.6 Å². The molecule has 0 aromatic heterocycles. The fraction of sp³-hybridized carbons (Fsp3) is 0.0625. The first-order valence-corrected chi connectivity index (χ1v) is 5.77. The van der Waals surface area contributed by atoms with Gasteiger partial charge in [-0.05, 0) is 24.3 Å². The van der Waals surface area contributed by atoms with Crippen molar-refractivity contribution in [1.82, 2.24) is 0 Å². The Balaban J connectivity index is 2.36. The molecule has 2 aromatic carbocycles. The molecule has 0 radical (unpaired) electrons. The van der Waals surface area contributed by atoms with Gasteiger partial charge in [-0.2, -0.15) is 5.26 Å². The fourth-order valence-electron chi connectivity index (χ4n) is 1.77. The lowest BCUT2D eigenvalue weighted by molar-refractivity contribution is 1.07. The highest BCUT2D eigenvalue weighted by molar-refractivity contribution is 5.64. The Morgan fingerprint density at radius 1 is 0.944 bits per heavy atom. The number of nitrogens with zero attached hydrogens (tertiary/aromatic N) is 2. The molecule has 2 rings (SSSR count). The third-order valence-corrected chi connectivity index (χ3v) is 2.64. The summed E-state index contributed by atoms with van der Waals surface area (Å²) >= 11 is 0. The average molecular weight is 234 g/mol. The van der Waals surface area contributed by atoms with E-state index in [2.05, 4.69) is 17.5 Å². The minimum Gasteiger partial charge on any atom is -0.336 e. The molecule has 0 aliphatic rings. The Hall–Kier alpha value is -2.53. The maximum absolute atomic E-state index is 8.90. The van der Waals surface area contributed by atoms with Crippen LogP contribution in [0.4, 0.5) is 11.4 Å². The van der Waals surface area contributed by atoms with Crippen molar-refractivity contribution < 1.29 is 0 Å². The van der Waals surface area contributed by atoms with Crippen molar-refractivity contribution in [2.24, 2.45) is 0 Å². The number of para-hydroxylation sites is 2. The molecule has 2 heteroatoms. The van der Waals surface area contributed by atoms with Crippen molar-refractivity contribution in [2.75, 3.05) is 11.4 Å². The quantitative estimate of drug-likeness (QED) is 0.750. The van der Waals surface area contributed by atoms with E-state index in [0.717, 1.165) is 11.4 Å². The molecule has 2 nitrogen and oxygen atoms in total. The molecule has 0 unspecified atom stereocenters. The summed E-state index contributed by atoms with van der Waals surface area (Å²) in [7, 11) is 0. The van der Waals surface area contributed by atoms with Crippen LogP contribution >= 0.6 is 0 Å². The molecule has 2 aromatic rings. The van der Waals surface area contributed by atoms with Crippen LogP contribution in [0.3, 0.4) is 0 Å². The van der Waals surface area contributed by atoms with E-state index in [0.29, 0.717) is 12.1 Å². The first-order valence-electron chi connectivity index (χ1n) is 5.77. The summed E-state index contributed by atoms with van der Waals surface area (Å²) in [5.41, 5.74) is 2.66. The molecule has 0 heterocycles. The normalized spacial score (nSPS) is 9.50. The molecule has 0 amide bonds. The van der Waals surface area contributed by atoms with Crippen molar-refractivity contribution in [3.05, 3.63) is 72.8 Å². The molecule has 0 N–H and O–H groups in total. The Kier molecular flexibility index (Phi) is 3.78. The minimum atomic E-state index is 0.504. The number of anilines is 2. The van der Waals surface area contributed by atoms with Gasteiger partial charge in [0.25, 0.3) is 0 Å². The molecule has 0 saturated heterocycles. The van der Waals surface area contributed by atoms with Gasteiger partial charge < -0.3 is 4.90 Å². The highest BCUT2D eigenvalue weighted by Gasteiger charge is 2.09. The highest BCUT2D eigenvalue weighted by Crippen LogP contribution is 2.25. The number of rotatable bonds is 4. The van der Waals surface area contributed by atoms with Gasteiger partial charge in [0.1, 0.15) is 0 Å². The van der Waals surface area contributed by atoms with Crippen LogP contribution in [-0.4, -0.2) is 6.54 Å². The SMILES string of the molecule is C=C(C#N)CN(c1ccccc1)c1ccccc1. The lowest BCUT2D eigenvalue weighted by Crippen LogP contribution is -2.19. The first kappa shape index (κ1) is 11.9. The largest absolute Gasteiger partial charge is 0.336 e. The Morgan fingerprint density at radius 3 is 1.78 bits per heavy atom. The molecule has 0 spiro atoms. The van der Waals surface area contributed by atoms with E-state index < -0.39 is 0 Å². The summed E-state index contributed by atoms with van der Waals surface area (Å²) < 4.78 is 0. The van der Waals surface area contributed by atoms with Crippen molar-refractivity contribution in [1.29, 1.82) is 5.26 Å². The van der Waals surface area contributed by atoms with Crippen molar-refractivity contribution in [3.8, 4) is 6.07 Å². The van der Waals surface area contributed by atoms with Crippen molar-refractivity contribution >= 4 is 11.4 Å². The van der Waals surface area contributed by atoms with Crippen LogP contribution in [-0.2, 0) is 0 Å². The molecular formula is C16H14N2. The Bertz CT molecular complexity index is 513. The van der Waals surface area contributed by atoms with Crippen LogP contribution < -0.4 is 4.90 Å². The van der Waals surface area contributed by atoms with E-state index in [1.54, 1.807) is 0 Å². The standard InChI is InChI=1S/C16H14N2/c1-14(12-17)13-18(15-8-4-2-5-9-15)16-10-6-3-7-11-16/h2-11H,1,13H2. The predicted octanol–water partition coefficient (Wildman–Crippen LogP) is 3.90. The van der Waals surface area contributed by atoms with Gasteiger partial charge in [0.15, 0.2) is 0 Å². The van der Waals surface area contributed by atoms with E-state index in [1.807, 2.05) is 60.7 Å². The monoisotopic (exact) mass is 234 g/mol. The van der Waals surface area contributed by atoms with Gasteiger partial charge in [-0.15, -0.1) is 0 Å². The third kappa shape index (κ3) is 2.78. The molecular weight excluding hydrogens is 220 g/mol. The second-order valence-corrected chi connectivity index (χ2v) is 3.97. The lowest BCUT2D eigenvalue weighted by atomic mass is 10.2. The summed E-state index contributed by atoms with van der Waals surface area (Å²) in [6, 6.07) is 22.1. The average Bonchev–Trinajstić information content (AvgIpc) is 2.46. The van der Waals surface area contributed by atoms with Gasteiger partial charge >= 0.3 is 0 Å². The number of benzene rings is 2. The first-order chi connectivity index (χ1) is 8.81.